The Bertz CT molecular complexity index is 1180. The predicted molar refractivity (Wildman–Crippen MR) is 187 cm³/mol. The van der Waals surface area contributed by atoms with Gasteiger partial charge in [-0.2, -0.15) is 0 Å². The average molecular weight is 608 g/mol. The molecule has 0 saturated carbocycles. The molecule has 0 aromatic heterocycles. The molecule has 0 bridgehead atoms. The third-order valence-electron chi connectivity index (χ3n) is 7.95. The Balaban J connectivity index is 1.56. The van der Waals surface area contributed by atoms with Gasteiger partial charge >= 0.3 is 0 Å². The number of allylic oxidation sites excluding steroid dienone is 2. The summed E-state index contributed by atoms with van der Waals surface area (Å²) in [5, 5.41) is 3.83. The monoisotopic (exact) mass is 607 g/mol. The normalized spacial score (nSPS) is 12.1. The number of hydrogen-bond acceptors (Lipinski definition) is 2. The molecule has 0 amide bonds. The Morgan fingerprint density at radius 2 is 1.21 bits per heavy atom. The molecule has 42 heavy (non-hydrogen) atoms. The van der Waals surface area contributed by atoms with E-state index in [0.717, 1.165) is 64.6 Å². The van der Waals surface area contributed by atoms with Crippen molar-refractivity contribution in [1.82, 2.24) is 0 Å². The summed E-state index contributed by atoms with van der Waals surface area (Å²) in [6, 6.07) is 24.1. The van der Waals surface area contributed by atoms with Crippen molar-refractivity contribution >= 4 is 33.8 Å². The third kappa shape index (κ3) is 9.78. The topological polar surface area (TPSA) is 18.5 Å². The quantitative estimate of drug-likeness (QED) is 0.0584. The lowest BCUT2D eigenvalue weighted by atomic mass is 10.0. The van der Waals surface area contributed by atoms with Crippen molar-refractivity contribution in [2.45, 2.75) is 105 Å². The molecule has 0 atom stereocenters. The molecule has 228 valence electrons. The van der Waals surface area contributed by atoms with Gasteiger partial charge in [0.15, 0.2) is 6.29 Å². The highest BCUT2D eigenvalue weighted by atomic mass is 35.7. The van der Waals surface area contributed by atoms with E-state index in [1.807, 2.05) is 0 Å². The van der Waals surface area contributed by atoms with E-state index in [-0.39, 0.29) is 6.29 Å². The molecule has 3 aromatic rings. The Morgan fingerprint density at radius 1 is 0.667 bits per heavy atom. The molecule has 0 heterocycles. The highest BCUT2D eigenvalue weighted by Crippen LogP contribution is 2.62. The second kappa shape index (κ2) is 18.6. The number of halogens is 1. The van der Waals surface area contributed by atoms with Crippen LogP contribution in [-0.2, 0) is 15.9 Å². The molecule has 2 nitrogen and oxygen atoms in total. The molecular formula is C38H53ClO2P+. The fraction of sp³-hybridized carbons (Fsp3) is 0.474. The van der Waals surface area contributed by atoms with E-state index >= 15 is 0 Å². The molecule has 3 aromatic carbocycles. The van der Waals surface area contributed by atoms with Gasteiger partial charge in [0.2, 0.25) is 6.62 Å². The van der Waals surface area contributed by atoms with Gasteiger partial charge in [0.25, 0.3) is 0 Å². The van der Waals surface area contributed by atoms with Gasteiger partial charge in [-0.3, -0.25) is 0 Å². The first-order valence-corrected chi connectivity index (χ1v) is 18.8. The zero-order chi connectivity index (χ0) is 30.2. The lowest BCUT2D eigenvalue weighted by Gasteiger charge is -2.24. The average Bonchev–Trinajstić information content (AvgIpc) is 2.99. The van der Waals surface area contributed by atoms with E-state index in [4.69, 9.17) is 20.7 Å². The van der Waals surface area contributed by atoms with Crippen LogP contribution in [0.4, 0.5) is 0 Å². The van der Waals surface area contributed by atoms with Crippen LogP contribution in [0.15, 0.2) is 78.9 Å². The van der Waals surface area contributed by atoms with E-state index in [9.17, 15) is 0 Å². The smallest absolute Gasteiger partial charge is 0.211 e. The van der Waals surface area contributed by atoms with E-state index in [0.29, 0.717) is 0 Å². The predicted octanol–water partition coefficient (Wildman–Crippen LogP) is 10.1. The summed E-state index contributed by atoms with van der Waals surface area (Å²) in [5.41, 5.74) is 5.28. The number of rotatable bonds is 19. The van der Waals surface area contributed by atoms with E-state index < -0.39 is 6.62 Å². The summed E-state index contributed by atoms with van der Waals surface area (Å²) in [4.78, 5) is 0. The minimum Gasteiger partial charge on any atom is -0.353 e. The van der Waals surface area contributed by atoms with Crippen LogP contribution < -0.4 is 15.9 Å². The summed E-state index contributed by atoms with van der Waals surface area (Å²) in [5.74, 6) is 0. The molecule has 3 rings (SSSR count). The Morgan fingerprint density at radius 3 is 1.79 bits per heavy atom. The molecule has 0 saturated heterocycles. The zero-order valence-electron chi connectivity index (χ0n) is 26.7. The number of ether oxygens (including phenoxy) is 2. The van der Waals surface area contributed by atoms with Gasteiger partial charge in [-0.25, -0.2) is 0 Å². The van der Waals surface area contributed by atoms with Gasteiger partial charge < -0.3 is 9.47 Å². The molecule has 0 N–H and O–H groups in total. The largest absolute Gasteiger partial charge is 0.353 e. The second-order valence-electron chi connectivity index (χ2n) is 11.4. The van der Waals surface area contributed by atoms with Gasteiger partial charge in [-0.05, 0) is 119 Å². The molecule has 4 heteroatoms. The van der Waals surface area contributed by atoms with Crippen molar-refractivity contribution in [3.63, 3.8) is 0 Å². The van der Waals surface area contributed by atoms with Crippen molar-refractivity contribution in [2.24, 2.45) is 0 Å². The maximum Gasteiger partial charge on any atom is 0.211 e. The first kappa shape index (κ1) is 34.5. The van der Waals surface area contributed by atoms with Gasteiger partial charge in [-0.1, -0.05) is 81.0 Å². The number of hydrogen-bond donors (Lipinski definition) is 0. The second-order valence-corrected chi connectivity index (χ2v) is 15.5. The van der Waals surface area contributed by atoms with Crippen molar-refractivity contribution in [2.75, 3.05) is 13.2 Å². The van der Waals surface area contributed by atoms with Gasteiger partial charge in [-0.15, -0.1) is 0 Å². The fourth-order valence-corrected chi connectivity index (χ4v) is 10.7. The highest BCUT2D eigenvalue weighted by Gasteiger charge is 2.48. The zero-order valence-corrected chi connectivity index (χ0v) is 28.4. The van der Waals surface area contributed by atoms with Crippen LogP contribution in [0.5, 0.6) is 0 Å². The van der Waals surface area contributed by atoms with Crippen molar-refractivity contribution in [3.8, 4) is 0 Å². The summed E-state index contributed by atoms with van der Waals surface area (Å²) >= 11 is 7.91. The summed E-state index contributed by atoms with van der Waals surface area (Å²) in [6.45, 7) is 10.2. The van der Waals surface area contributed by atoms with Crippen LogP contribution in [0.3, 0.4) is 0 Å². The first-order valence-electron chi connectivity index (χ1n) is 16.1. The first-order chi connectivity index (χ1) is 20.4. The van der Waals surface area contributed by atoms with Crippen molar-refractivity contribution in [1.29, 1.82) is 0 Å². The van der Waals surface area contributed by atoms with Crippen LogP contribution in [-0.4, -0.2) is 19.5 Å². The molecule has 0 fully saturated rings. The summed E-state index contributed by atoms with van der Waals surface area (Å²) in [7, 11) is 0. The number of benzene rings is 3. The summed E-state index contributed by atoms with van der Waals surface area (Å²) in [6.07, 6.45) is 15.9. The molecule has 0 spiro atoms. The summed E-state index contributed by atoms with van der Waals surface area (Å²) < 4.78 is 11.7. The molecule has 0 aliphatic carbocycles. The molecule has 0 radical (unpaired) electrons. The Kier molecular flexibility index (Phi) is 15.3. The molecule has 0 aliphatic rings. The van der Waals surface area contributed by atoms with Gasteiger partial charge in [0.1, 0.15) is 27.2 Å². The standard InChI is InChI=1S/C38H53ClO2P/c1-6-29-40-38(41-30-7-2)28-15-13-11-9-8-10-12-14-23-34-24-20-27-37(33(34)5)42(39,35-25-18-16-21-31(35)3)36-26-19-17-22-32(36)4/h8,10,16-22,24-27,38H,6-7,9,11-15,23,28-30H2,1-5H3/q+1/b10-8-. The molecule has 0 aliphatic heterocycles. The lowest BCUT2D eigenvalue weighted by molar-refractivity contribution is -0.146. The maximum absolute atomic E-state index is 7.91. The van der Waals surface area contributed by atoms with E-state index in [1.54, 1.807) is 0 Å². The van der Waals surface area contributed by atoms with Crippen molar-refractivity contribution in [3.05, 3.63) is 101 Å². The minimum atomic E-state index is -2.31. The lowest BCUT2D eigenvalue weighted by Crippen LogP contribution is -2.32. The minimum absolute atomic E-state index is 0.0260. The fourth-order valence-electron chi connectivity index (χ4n) is 5.59. The third-order valence-corrected chi connectivity index (χ3v) is 13.1. The Hall–Kier alpha value is -1.96. The van der Waals surface area contributed by atoms with Crippen LogP contribution in [0.2, 0.25) is 0 Å². The van der Waals surface area contributed by atoms with Crippen LogP contribution >= 0.6 is 17.9 Å². The van der Waals surface area contributed by atoms with Crippen LogP contribution in [0.25, 0.3) is 0 Å². The van der Waals surface area contributed by atoms with Crippen LogP contribution in [0.1, 0.15) is 93.9 Å². The van der Waals surface area contributed by atoms with E-state index in [2.05, 4.69) is 114 Å². The molecule has 0 unspecified atom stereocenters. The number of unbranched alkanes of at least 4 members (excludes halogenated alkanes) is 4. The van der Waals surface area contributed by atoms with E-state index in [1.165, 1.54) is 51.0 Å². The Labute approximate surface area is 262 Å². The SMILES string of the molecule is CCCOC(CCCCC/C=C\CCCc1cccc([P+](Cl)(c2ccccc2C)c2ccccc2C)c1C)OCCC. The van der Waals surface area contributed by atoms with Crippen molar-refractivity contribution < 1.29 is 9.47 Å². The maximum atomic E-state index is 7.91. The molecular weight excluding hydrogens is 555 g/mol. The van der Waals surface area contributed by atoms with Gasteiger partial charge in [0, 0.05) is 13.2 Å². The number of aryl methyl sites for hydroxylation is 3. The van der Waals surface area contributed by atoms with Gasteiger partial charge in [0.05, 0.1) is 0 Å². The highest BCUT2D eigenvalue weighted by molar-refractivity contribution is 8.15. The van der Waals surface area contributed by atoms with Crippen LogP contribution in [0, 0.1) is 20.8 Å².